The van der Waals surface area contributed by atoms with Crippen LogP contribution in [0.4, 0.5) is 16.2 Å². The Morgan fingerprint density at radius 3 is 2.81 bits per heavy atom. The van der Waals surface area contributed by atoms with Crippen molar-refractivity contribution in [3.8, 4) is 0 Å². The van der Waals surface area contributed by atoms with Crippen molar-refractivity contribution in [2.24, 2.45) is 0 Å². The summed E-state index contributed by atoms with van der Waals surface area (Å²) >= 11 is 1.45. The Kier molecular flexibility index (Phi) is 4.90. The number of fused-ring (bicyclic) bond motifs is 1. The smallest absolute Gasteiger partial charge is 0.319 e. The van der Waals surface area contributed by atoms with E-state index >= 15 is 0 Å². The van der Waals surface area contributed by atoms with E-state index in [2.05, 4.69) is 10.6 Å². The van der Waals surface area contributed by atoms with Gasteiger partial charge in [-0.25, -0.2) is 4.79 Å². The molecule has 0 bridgehead atoms. The highest BCUT2D eigenvalue weighted by Crippen LogP contribution is 2.32. The summed E-state index contributed by atoms with van der Waals surface area (Å²) in [6.07, 6.45) is 2.50. The second kappa shape index (κ2) is 7.47. The van der Waals surface area contributed by atoms with Gasteiger partial charge < -0.3 is 20.3 Å². The molecule has 3 heterocycles. The van der Waals surface area contributed by atoms with Crippen molar-refractivity contribution in [1.82, 2.24) is 5.32 Å². The van der Waals surface area contributed by atoms with Crippen molar-refractivity contribution < 1.29 is 14.3 Å². The lowest BCUT2D eigenvalue weighted by molar-refractivity contribution is 0.0806. The maximum absolute atomic E-state index is 12.7. The van der Waals surface area contributed by atoms with Crippen LogP contribution in [0.2, 0.25) is 0 Å². The molecular formula is C19H21N3O3S. The Labute approximate surface area is 156 Å². The van der Waals surface area contributed by atoms with Gasteiger partial charge in [0.2, 0.25) is 0 Å². The van der Waals surface area contributed by atoms with Crippen LogP contribution in [-0.2, 0) is 11.2 Å². The van der Waals surface area contributed by atoms with E-state index in [-0.39, 0.29) is 18.0 Å². The van der Waals surface area contributed by atoms with Crippen molar-refractivity contribution in [3.63, 3.8) is 0 Å². The molecule has 4 rings (SSSR count). The molecule has 7 heteroatoms. The summed E-state index contributed by atoms with van der Waals surface area (Å²) in [5.41, 5.74) is 2.71. The molecule has 1 aromatic carbocycles. The average Bonchev–Trinajstić information content (AvgIpc) is 3.32. The van der Waals surface area contributed by atoms with Gasteiger partial charge in [0, 0.05) is 37.2 Å². The van der Waals surface area contributed by atoms with Crippen LogP contribution >= 0.6 is 11.3 Å². The van der Waals surface area contributed by atoms with Crippen LogP contribution < -0.4 is 15.5 Å². The lowest BCUT2D eigenvalue weighted by Crippen LogP contribution is -2.41. The van der Waals surface area contributed by atoms with E-state index in [4.69, 9.17) is 4.74 Å². The molecule has 3 amide bonds. The molecule has 6 nitrogen and oxygen atoms in total. The van der Waals surface area contributed by atoms with Gasteiger partial charge in [-0.1, -0.05) is 12.1 Å². The van der Waals surface area contributed by atoms with Crippen molar-refractivity contribution in [2.75, 3.05) is 30.0 Å². The van der Waals surface area contributed by atoms with Gasteiger partial charge in [0.15, 0.2) is 0 Å². The summed E-state index contributed by atoms with van der Waals surface area (Å²) in [6.45, 7) is 2.04. The van der Waals surface area contributed by atoms with Crippen LogP contribution in [0.25, 0.3) is 0 Å². The maximum atomic E-state index is 12.7. The molecule has 0 atom stereocenters. The number of carbonyl (C=O) groups is 2. The first-order valence-electron chi connectivity index (χ1n) is 8.84. The third kappa shape index (κ3) is 3.59. The number of amides is 3. The van der Waals surface area contributed by atoms with E-state index < -0.39 is 0 Å². The molecule has 0 radical (unpaired) electrons. The average molecular weight is 371 g/mol. The molecule has 0 unspecified atom stereocenters. The number of hydrogen-bond donors (Lipinski definition) is 2. The van der Waals surface area contributed by atoms with E-state index in [0.717, 1.165) is 35.4 Å². The number of hydrogen-bond acceptors (Lipinski definition) is 4. The minimum atomic E-state index is -0.217. The fraction of sp³-hybridized carbons (Fsp3) is 0.368. The maximum Gasteiger partial charge on any atom is 0.319 e. The van der Waals surface area contributed by atoms with Crippen LogP contribution in [-0.4, -0.2) is 37.7 Å². The third-order valence-electron chi connectivity index (χ3n) is 4.77. The molecule has 0 aliphatic carbocycles. The molecular weight excluding hydrogens is 350 g/mol. The first-order chi connectivity index (χ1) is 12.7. The van der Waals surface area contributed by atoms with Crippen LogP contribution in [0, 0.1) is 0 Å². The Hall–Kier alpha value is -2.38. The van der Waals surface area contributed by atoms with Gasteiger partial charge in [-0.15, -0.1) is 11.3 Å². The monoisotopic (exact) mass is 371 g/mol. The molecule has 26 heavy (non-hydrogen) atoms. The van der Waals surface area contributed by atoms with Crippen LogP contribution in [0.1, 0.15) is 28.1 Å². The highest BCUT2D eigenvalue weighted by atomic mass is 32.1. The number of nitrogens with one attached hydrogen (secondary N) is 2. The molecule has 2 N–H and O–H groups in total. The minimum absolute atomic E-state index is 0.0163. The highest BCUT2D eigenvalue weighted by molar-refractivity contribution is 7.12. The molecule has 0 spiro atoms. The SMILES string of the molecule is O=C(Nc1ccc2c(c1)N(C(=O)c1cccs1)CC2)NC1CCOCC1. The standard InChI is InChI=1S/C19H21N3O3S/c23-18(17-2-1-11-26-17)22-8-5-13-3-4-15(12-16(13)22)21-19(24)20-14-6-9-25-10-7-14/h1-4,11-12,14H,5-10H2,(H2,20,21,24). The lowest BCUT2D eigenvalue weighted by atomic mass is 10.1. The minimum Gasteiger partial charge on any atom is -0.381 e. The van der Waals surface area contributed by atoms with Gasteiger partial charge in [0.25, 0.3) is 5.91 Å². The molecule has 2 aromatic rings. The van der Waals surface area contributed by atoms with Crippen LogP contribution in [0.3, 0.4) is 0 Å². The number of nitrogens with zero attached hydrogens (tertiary/aromatic N) is 1. The quantitative estimate of drug-likeness (QED) is 0.870. The molecule has 136 valence electrons. The summed E-state index contributed by atoms with van der Waals surface area (Å²) in [5, 5.41) is 7.78. The Bertz CT molecular complexity index is 800. The van der Waals surface area contributed by atoms with Crippen molar-refractivity contribution in [1.29, 1.82) is 0 Å². The fourth-order valence-electron chi connectivity index (χ4n) is 3.40. The zero-order valence-electron chi connectivity index (χ0n) is 14.4. The summed E-state index contributed by atoms with van der Waals surface area (Å²) < 4.78 is 5.31. The van der Waals surface area contributed by atoms with Crippen molar-refractivity contribution >= 4 is 34.6 Å². The van der Waals surface area contributed by atoms with E-state index in [1.54, 1.807) is 4.90 Å². The van der Waals surface area contributed by atoms with E-state index in [9.17, 15) is 9.59 Å². The molecule has 2 aliphatic rings. The summed E-state index contributed by atoms with van der Waals surface area (Å²) in [5.74, 6) is 0.0163. The fourth-order valence-corrected chi connectivity index (χ4v) is 4.07. The molecule has 1 saturated heterocycles. The van der Waals surface area contributed by atoms with Gasteiger partial charge in [0.05, 0.1) is 4.88 Å². The number of urea groups is 1. The second-order valence-corrected chi connectivity index (χ2v) is 7.46. The molecule has 1 fully saturated rings. The van der Waals surface area contributed by atoms with Crippen LogP contribution in [0.15, 0.2) is 35.7 Å². The van der Waals surface area contributed by atoms with Gasteiger partial charge in [-0.3, -0.25) is 4.79 Å². The Morgan fingerprint density at radius 1 is 1.19 bits per heavy atom. The number of carbonyl (C=O) groups excluding carboxylic acids is 2. The van der Waals surface area contributed by atoms with E-state index in [1.807, 2.05) is 35.7 Å². The zero-order valence-corrected chi connectivity index (χ0v) is 15.2. The van der Waals surface area contributed by atoms with Crippen molar-refractivity contribution in [3.05, 3.63) is 46.2 Å². The van der Waals surface area contributed by atoms with E-state index in [0.29, 0.717) is 25.4 Å². The topological polar surface area (TPSA) is 70.7 Å². The number of anilines is 2. The first kappa shape index (κ1) is 17.1. The molecule has 2 aliphatic heterocycles. The lowest BCUT2D eigenvalue weighted by Gasteiger charge is -2.23. The van der Waals surface area contributed by atoms with Gasteiger partial charge in [-0.05, 0) is 48.4 Å². The molecule has 0 saturated carbocycles. The highest BCUT2D eigenvalue weighted by Gasteiger charge is 2.26. The molecule has 1 aromatic heterocycles. The Balaban J connectivity index is 1.45. The van der Waals surface area contributed by atoms with Gasteiger partial charge in [0.1, 0.15) is 0 Å². The number of rotatable bonds is 3. The number of thiophene rings is 1. The first-order valence-corrected chi connectivity index (χ1v) is 9.72. The summed E-state index contributed by atoms with van der Waals surface area (Å²) in [7, 11) is 0. The van der Waals surface area contributed by atoms with Crippen molar-refractivity contribution in [2.45, 2.75) is 25.3 Å². The summed E-state index contributed by atoms with van der Waals surface area (Å²) in [6, 6.07) is 9.42. The largest absolute Gasteiger partial charge is 0.381 e. The predicted octanol–water partition coefficient (Wildman–Crippen LogP) is 3.25. The number of benzene rings is 1. The summed E-state index contributed by atoms with van der Waals surface area (Å²) in [4.78, 5) is 27.5. The Morgan fingerprint density at radius 2 is 2.04 bits per heavy atom. The normalized spacial score (nSPS) is 17.0. The van der Waals surface area contributed by atoms with Gasteiger partial charge in [-0.2, -0.15) is 0 Å². The number of ether oxygens (including phenoxy) is 1. The third-order valence-corrected chi connectivity index (χ3v) is 5.63. The second-order valence-electron chi connectivity index (χ2n) is 6.51. The van der Waals surface area contributed by atoms with Crippen LogP contribution in [0.5, 0.6) is 0 Å². The van der Waals surface area contributed by atoms with Gasteiger partial charge >= 0.3 is 6.03 Å². The predicted molar refractivity (Wildman–Crippen MR) is 102 cm³/mol. The zero-order chi connectivity index (χ0) is 17.9. The van der Waals surface area contributed by atoms with E-state index in [1.165, 1.54) is 11.3 Å².